The van der Waals surface area contributed by atoms with Crippen LogP contribution in [0.3, 0.4) is 0 Å². The first-order valence-corrected chi connectivity index (χ1v) is 7.21. The molecule has 2 rings (SSSR count). The molecule has 2 aliphatic rings. The van der Waals surface area contributed by atoms with Gasteiger partial charge in [0.15, 0.2) is 0 Å². The first kappa shape index (κ1) is 12.9. The van der Waals surface area contributed by atoms with Gasteiger partial charge in [0.1, 0.15) is 0 Å². The minimum Gasteiger partial charge on any atom is -0.340 e. The predicted molar refractivity (Wildman–Crippen MR) is 70.7 cm³/mol. The fourth-order valence-corrected chi connectivity index (χ4v) is 3.76. The Labute approximate surface area is 106 Å². The second-order valence-corrected chi connectivity index (χ2v) is 7.04. The molecule has 0 aromatic heterocycles. The van der Waals surface area contributed by atoms with E-state index in [4.69, 9.17) is 0 Å². The van der Waals surface area contributed by atoms with Crippen LogP contribution in [0.15, 0.2) is 0 Å². The molecular formula is C15H27NO. The van der Waals surface area contributed by atoms with Crippen LogP contribution in [0.5, 0.6) is 0 Å². The largest absolute Gasteiger partial charge is 0.340 e. The summed E-state index contributed by atoms with van der Waals surface area (Å²) in [5.74, 6) is 1.41. The van der Waals surface area contributed by atoms with Gasteiger partial charge >= 0.3 is 0 Å². The van der Waals surface area contributed by atoms with Gasteiger partial charge in [0.2, 0.25) is 5.91 Å². The van der Waals surface area contributed by atoms with Gasteiger partial charge in [-0.3, -0.25) is 4.79 Å². The summed E-state index contributed by atoms with van der Waals surface area (Å²) in [4.78, 5) is 14.6. The number of fused-ring (bicyclic) bond motifs is 1. The molecule has 0 aromatic rings. The monoisotopic (exact) mass is 237 g/mol. The van der Waals surface area contributed by atoms with Crippen molar-refractivity contribution in [1.82, 2.24) is 4.90 Å². The number of carbonyl (C=O) groups is 1. The average Bonchev–Trinajstić information content (AvgIpc) is 2.35. The van der Waals surface area contributed by atoms with Gasteiger partial charge in [-0.15, -0.1) is 0 Å². The molecule has 2 fully saturated rings. The number of rotatable bonds is 1. The van der Waals surface area contributed by atoms with Gasteiger partial charge in [0, 0.05) is 18.5 Å². The molecule has 0 N–H and O–H groups in total. The summed E-state index contributed by atoms with van der Waals surface area (Å²) in [6.45, 7) is 9.99. The van der Waals surface area contributed by atoms with Crippen LogP contribution in [0.2, 0.25) is 0 Å². The number of likely N-dealkylation sites (tertiary alicyclic amines) is 1. The number of hydrogen-bond acceptors (Lipinski definition) is 1. The summed E-state index contributed by atoms with van der Waals surface area (Å²) in [7, 11) is 0. The van der Waals surface area contributed by atoms with E-state index in [0.717, 1.165) is 13.0 Å². The fourth-order valence-electron chi connectivity index (χ4n) is 3.76. The highest BCUT2D eigenvalue weighted by molar-refractivity contribution is 5.80. The van der Waals surface area contributed by atoms with E-state index < -0.39 is 0 Å². The maximum atomic E-state index is 12.5. The van der Waals surface area contributed by atoms with E-state index in [1.165, 1.54) is 25.7 Å². The Balaban J connectivity index is 2.12. The van der Waals surface area contributed by atoms with Gasteiger partial charge in [-0.05, 0) is 50.9 Å². The number of nitrogens with zero attached hydrogens (tertiary/aromatic N) is 1. The van der Waals surface area contributed by atoms with Crippen LogP contribution in [0, 0.1) is 17.3 Å². The zero-order valence-corrected chi connectivity index (χ0v) is 11.8. The minimum absolute atomic E-state index is 0.327. The standard InChI is InChI=1S/C15H27NO/c1-11(2)16-9-7-12-10-15(3,4)8-5-6-13(12)14(16)17/h11-13H,5-10H2,1-4H3. The highest BCUT2D eigenvalue weighted by Gasteiger charge is 2.41. The Kier molecular flexibility index (Phi) is 3.51. The van der Waals surface area contributed by atoms with Crippen molar-refractivity contribution in [3.63, 3.8) is 0 Å². The molecule has 0 aromatic carbocycles. The Bertz CT molecular complexity index is 295. The lowest BCUT2D eigenvalue weighted by Crippen LogP contribution is -2.48. The molecule has 1 aliphatic carbocycles. The highest BCUT2D eigenvalue weighted by Crippen LogP contribution is 2.43. The van der Waals surface area contributed by atoms with Crippen molar-refractivity contribution in [3.8, 4) is 0 Å². The van der Waals surface area contributed by atoms with Crippen LogP contribution in [0.1, 0.15) is 59.8 Å². The minimum atomic E-state index is 0.327. The summed E-state index contributed by atoms with van der Waals surface area (Å²) in [5.41, 5.74) is 0.444. The van der Waals surface area contributed by atoms with E-state index in [1.54, 1.807) is 0 Å². The smallest absolute Gasteiger partial charge is 0.226 e. The molecule has 1 saturated heterocycles. The van der Waals surface area contributed by atoms with Gasteiger partial charge < -0.3 is 4.90 Å². The molecule has 0 spiro atoms. The van der Waals surface area contributed by atoms with Gasteiger partial charge in [-0.25, -0.2) is 0 Å². The zero-order valence-electron chi connectivity index (χ0n) is 11.8. The SMILES string of the molecule is CC(C)N1CCC2CC(C)(C)CCCC2C1=O. The third-order valence-electron chi connectivity index (χ3n) is 4.72. The van der Waals surface area contributed by atoms with Crippen molar-refractivity contribution in [3.05, 3.63) is 0 Å². The quantitative estimate of drug-likeness (QED) is 0.684. The summed E-state index contributed by atoms with van der Waals surface area (Å²) in [5, 5.41) is 0. The van der Waals surface area contributed by atoms with Crippen molar-refractivity contribution in [2.75, 3.05) is 6.54 Å². The van der Waals surface area contributed by atoms with E-state index in [1.807, 2.05) is 0 Å². The first-order valence-electron chi connectivity index (χ1n) is 7.21. The lowest BCUT2D eigenvalue weighted by atomic mass is 9.75. The zero-order chi connectivity index (χ0) is 12.6. The third-order valence-corrected chi connectivity index (χ3v) is 4.72. The lowest BCUT2D eigenvalue weighted by molar-refractivity contribution is -0.143. The predicted octanol–water partition coefficient (Wildman–Crippen LogP) is 3.46. The van der Waals surface area contributed by atoms with Gasteiger partial charge in [-0.2, -0.15) is 0 Å². The Morgan fingerprint density at radius 1 is 1.29 bits per heavy atom. The number of carbonyl (C=O) groups excluding carboxylic acids is 1. The molecule has 0 radical (unpaired) electrons. The van der Waals surface area contributed by atoms with E-state index in [2.05, 4.69) is 32.6 Å². The first-order chi connectivity index (χ1) is 7.91. The molecule has 98 valence electrons. The molecule has 1 heterocycles. The highest BCUT2D eigenvalue weighted by atomic mass is 16.2. The Hall–Kier alpha value is -0.530. The van der Waals surface area contributed by atoms with Crippen LogP contribution in [-0.2, 0) is 4.79 Å². The molecule has 1 amide bonds. The molecule has 1 aliphatic heterocycles. The molecule has 0 bridgehead atoms. The van der Waals surface area contributed by atoms with Crippen molar-refractivity contribution in [2.45, 2.75) is 65.8 Å². The second-order valence-electron chi connectivity index (χ2n) is 7.04. The molecule has 2 nitrogen and oxygen atoms in total. The second kappa shape index (κ2) is 4.62. The van der Waals surface area contributed by atoms with Crippen LogP contribution < -0.4 is 0 Å². The van der Waals surface area contributed by atoms with Gasteiger partial charge in [-0.1, -0.05) is 20.3 Å². The summed E-state index contributed by atoms with van der Waals surface area (Å²) in [6, 6.07) is 0.375. The van der Waals surface area contributed by atoms with Crippen molar-refractivity contribution < 1.29 is 4.79 Å². The molecule has 2 heteroatoms. The maximum absolute atomic E-state index is 12.5. The van der Waals surface area contributed by atoms with E-state index in [0.29, 0.717) is 29.2 Å². The molecular weight excluding hydrogens is 210 g/mol. The van der Waals surface area contributed by atoms with Crippen LogP contribution in [-0.4, -0.2) is 23.4 Å². The van der Waals surface area contributed by atoms with Crippen molar-refractivity contribution >= 4 is 5.91 Å². The van der Waals surface area contributed by atoms with Crippen molar-refractivity contribution in [2.24, 2.45) is 17.3 Å². The summed E-state index contributed by atoms with van der Waals surface area (Å²) in [6.07, 6.45) is 6.10. The van der Waals surface area contributed by atoms with Crippen LogP contribution >= 0.6 is 0 Å². The number of piperidine rings is 1. The van der Waals surface area contributed by atoms with Crippen molar-refractivity contribution in [1.29, 1.82) is 0 Å². The lowest BCUT2D eigenvalue weighted by Gasteiger charge is -2.40. The Morgan fingerprint density at radius 3 is 2.65 bits per heavy atom. The van der Waals surface area contributed by atoms with Crippen LogP contribution in [0.25, 0.3) is 0 Å². The van der Waals surface area contributed by atoms with Gasteiger partial charge in [0.05, 0.1) is 0 Å². The third kappa shape index (κ3) is 2.66. The van der Waals surface area contributed by atoms with Crippen LogP contribution in [0.4, 0.5) is 0 Å². The van der Waals surface area contributed by atoms with E-state index in [9.17, 15) is 4.79 Å². The average molecular weight is 237 g/mol. The molecule has 17 heavy (non-hydrogen) atoms. The number of amides is 1. The molecule has 2 atom stereocenters. The van der Waals surface area contributed by atoms with E-state index in [-0.39, 0.29) is 0 Å². The normalized spacial score (nSPS) is 33.5. The Morgan fingerprint density at radius 2 is 2.00 bits per heavy atom. The number of hydrogen-bond donors (Lipinski definition) is 0. The van der Waals surface area contributed by atoms with Gasteiger partial charge in [0.25, 0.3) is 0 Å². The summed E-state index contributed by atoms with van der Waals surface area (Å²) >= 11 is 0. The molecule has 2 unspecified atom stereocenters. The topological polar surface area (TPSA) is 20.3 Å². The summed E-state index contributed by atoms with van der Waals surface area (Å²) < 4.78 is 0. The molecule has 1 saturated carbocycles. The maximum Gasteiger partial charge on any atom is 0.226 e. The van der Waals surface area contributed by atoms with E-state index >= 15 is 0 Å². The fraction of sp³-hybridized carbons (Fsp3) is 0.933.